The number of aliphatic hydroxyl groups excluding tert-OH is 1. The van der Waals surface area contributed by atoms with Gasteiger partial charge in [0.1, 0.15) is 5.75 Å². The van der Waals surface area contributed by atoms with Crippen molar-refractivity contribution in [3.05, 3.63) is 59.2 Å². The largest absolute Gasteiger partial charge is 0.493 e. The van der Waals surface area contributed by atoms with E-state index in [0.717, 1.165) is 68.5 Å². The van der Waals surface area contributed by atoms with Crippen LogP contribution >= 0.6 is 11.9 Å². The molecule has 3 N–H and O–H groups in total. The predicted molar refractivity (Wildman–Crippen MR) is 181 cm³/mol. The van der Waals surface area contributed by atoms with Crippen molar-refractivity contribution in [2.24, 2.45) is 0 Å². The number of anilines is 1. The number of hydrogen-bond acceptors (Lipinski definition) is 8. The molecule has 0 spiro atoms. The second-order valence-electron chi connectivity index (χ2n) is 10.5. The summed E-state index contributed by atoms with van der Waals surface area (Å²) in [5.41, 5.74) is 4.72. The summed E-state index contributed by atoms with van der Waals surface area (Å²) in [6.45, 7) is 10.2. The number of rotatable bonds is 22. The Morgan fingerprint density at radius 3 is 2.56 bits per heavy atom. The lowest BCUT2D eigenvalue weighted by Crippen LogP contribution is -2.35. The van der Waals surface area contributed by atoms with Crippen molar-refractivity contribution in [3.63, 3.8) is 0 Å². The fraction of sp³-hybridized carbons (Fsp3) is 0.618. The Balaban J connectivity index is 0.00000295. The maximum atomic E-state index is 12.2. The predicted octanol–water partition coefficient (Wildman–Crippen LogP) is 5.93. The quantitative estimate of drug-likeness (QED) is 0.110. The number of nitrogens with zero attached hydrogens (tertiary/aromatic N) is 1. The van der Waals surface area contributed by atoms with E-state index in [2.05, 4.69) is 84.6 Å². The Morgan fingerprint density at radius 1 is 1.05 bits per heavy atom. The molecule has 0 aliphatic heterocycles. The van der Waals surface area contributed by atoms with Crippen LogP contribution in [0, 0.1) is 6.92 Å². The smallest absolute Gasteiger partial charge is 0.219 e. The molecule has 0 aromatic heterocycles. The lowest BCUT2D eigenvalue weighted by Gasteiger charge is -2.20. The Morgan fingerprint density at radius 2 is 1.84 bits per heavy atom. The molecule has 2 rings (SSSR count). The summed E-state index contributed by atoms with van der Waals surface area (Å²) in [6, 6.07) is 15.1. The molecule has 1 atom stereocenters. The Labute approximate surface area is 265 Å². The van der Waals surface area contributed by atoms with E-state index in [9.17, 15) is 4.79 Å². The first kappa shape index (κ1) is 38.7. The zero-order chi connectivity index (χ0) is 31.7. The van der Waals surface area contributed by atoms with Crippen LogP contribution in [0.5, 0.6) is 5.75 Å². The Hall–Kier alpha value is -2.30. The molecule has 0 fully saturated rings. The third-order valence-electron chi connectivity index (χ3n) is 6.79. The van der Waals surface area contributed by atoms with Crippen LogP contribution in [0.3, 0.4) is 0 Å². The number of unbranched alkanes of at least 4 members (excludes halogenated alkanes) is 1. The molecule has 0 radical (unpaired) electrons. The summed E-state index contributed by atoms with van der Waals surface area (Å²) in [4.78, 5) is 12.2. The minimum absolute atomic E-state index is 0.139. The summed E-state index contributed by atoms with van der Waals surface area (Å²) in [5, 5.41) is 14.3. The molecule has 2 aromatic carbocycles. The zero-order valence-electron chi connectivity index (χ0n) is 27.5. The van der Waals surface area contributed by atoms with Gasteiger partial charge in [-0.05, 0) is 81.0 Å². The number of hydrogen-bond donors (Lipinski definition) is 3. The van der Waals surface area contributed by atoms with Crippen molar-refractivity contribution in [2.45, 2.75) is 78.4 Å². The van der Waals surface area contributed by atoms with Crippen LogP contribution < -0.4 is 19.7 Å². The van der Waals surface area contributed by atoms with Gasteiger partial charge in [0.25, 0.3) is 0 Å². The molecule has 2 aromatic rings. The third-order valence-corrected chi connectivity index (χ3v) is 7.55. The van der Waals surface area contributed by atoms with Gasteiger partial charge in [-0.1, -0.05) is 49.6 Å². The molecule has 0 aliphatic rings. The highest BCUT2D eigenvalue weighted by Crippen LogP contribution is 2.21. The lowest BCUT2D eigenvalue weighted by atomic mass is 10.1. The van der Waals surface area contributed by atoms with E-state index >= 15 is 0 Å². The van der Waals surface area contributed by atoms with E-state index in [4.69, 9.17) is 19.3 Å². The maximum Gasteiger partial charge on any atom is 0.219 e. The zero-order valence-corrected chi connectivity index (χ0v) is 28.3. The van der Waals surface area contributed by atoms with Crippen molar-refractivity contribution in [1.29, 1.82) is 0 Å². The van der Waals surface area contributed by atoms with Crippen LogP contribution in [0.15, 0.2) is 42.5 Å². The molecule has 1 amide bonds. The van der Waals surface area contributed by atoms with Gasteiger partial charge in [-0.2, -0.15) is 0 Å². The standard InChI is InChI=1S/C32H51N3O4S.C2H6O/c1-6-7-18-34-32(36)14-9-12-29(33-19-17-27-11-8-13-30(22-27)35(3)40-5)25-38-24-28-16-15-26(2)31(23-28)39-21-10-20-37-4;1-2-3/h8,11,13,15-16,22-23,29,33H,6-7,9-10,12,14,17-21,24-25H2,1-5H3,(H,34,36);3H,2H2,1H3. The van der Waals surface area contributed by atoms with Gasteiger partial charge < -0.3 is 34.3 Å². The van der Waals surface area contributed by atoms with Crippen molar-refractivity contribution >= 4 is 23.5 Å². The first-order valence-electron chi connectivity index (χ1n) is 15.6. The van der Waals surface area contributed by atoms with E-state index in [1.54, 1.807) is 26.0 Å². The molecule has 9 heteroatoms. The number of methoxy groups -OCH3 is 1. The van der Waals surface area contributed by atoms with Crippen LogP contribution in [0.1, 0.15) is 69.1 Å². The van der Waals surface area contributed by atoms with E-state index in [0.29, 0.717) is 32.8 Å². The highest BCUT2D eigenvalue weighted by Gasteiger charge is 2.12. The van der Waals surface area contributed by atoms with E-state index in [-0.39, 0.29) is 18.6 Å². The fourth-order valence-electron chi connectivity index (χ4n) is 4.27. The van der Waals surface area contributed by atoms with Crippen molar-refractivity contribution in [3.8, 4) is 5.75 Å². The molecule has 0 saturated carbocycles. The first-order valence-corrected chi connectivity index (χ1v) is 16.8. The van der Waals surface area contributed by atoms with Gasteiger partial charge in [-0.15, -0.1) is 0 Å². The number of amides is 1. The Bertz CT molecular complexity index is 994. The van der Waals surface area contributed by atoms with Gasteiger partial charge in [-0.25, -0.2) is 0 Å². The fourth-order valence-corrected chi connectivity index (χ4v) is 4.60. The second-order valence-corrected chi connectivity index (χ2v) is 11.4. The Kier molecular flexibility index (Phi) is 22.6. The van der Waals surface area contributed by atoms with Crippen LogP contribution in [-0.4, -0.2) is 77.0 Å². The van der Waals surface area contributed by atoms with Crippen molar-refractivity contribution in [1.82, 2.24) is 10.6 Å². The van der Waals surface area contributed by atoms with Crippen LogP contribution in [-0.2, 0) is 27.3 Å². The molecule has 244 valence electrons. The number of benzene rings is 2. The van der Waals surface area contributed by atoms with Crippen molar-refractivity contribution < 1.29 is 24.1 Å². The molecule has 43 heavy (non-hydrogen) atoms. The molecular formula is C34H57N3O5S. The lowest BCUT2D eigenvalue weighted by molar-refractivity contribution is -0.121. The van der Waals surface area contributed by atoms with Crippen LogP contribution in [0.4, 0.5) is 5.69 Å². The summed E-state index contributed by atoms with van der Waals surface area (Å²) >= 11 is 1.70. The number of carbonyl (C=O) groups excluding carboxylic acids is 1. The molecule has 0 aliphatic carbocycles. The normalized spacial score (nSPS) is 11.4. The number of ether oxygens (including phenoxy) is 3. The van der Waals surface area contributed by atoms with E-state index in [1.165, 1.54) is 11.3 Å². The average molecular weight is 620 g/mol. The number of nitrogens with one attached hydrogen (secondary N) is 2. The summed E-state index contributed by atoms with van der Waals surface area (Å²) < 4.78 is 19.4. The topological polar surface area (TPSA) is 92.3 Å². The van der Waals surface area contributed by atoms with Gasteiger partial charge in [-0.3, -0.25) is 4.79 Å². The molecule has 1 unspecified atom stereocenters. The van der Waals surface area contributed by atoms with Gasteiger partial charge in [0, 0.05) is 64.7 Å². The van der Waals surface area contributed by atoms with Crippen LogP contribution in [0.25, 0.3) is 0 Å². The minimum atomic E-state index is 0.139. The summed E-state index contributed by atoms with van der Waals surface area (Å²) in [5.74, 6) is 1.04. The summed E-state index contributed by atoms with van der Waals surface area (Å²) in [7, 11) is 3.79. The molecule has 8 nitrogen and oxygen atoms in total. The number of aryl methyl sites for hydroxylation is 1. The molecular weight excluding hydrogens is 562 g/mol. The average Bonchev–Trinajstić information content (AvgIpc) is 3.00. The third kappa shape index (κ3) is 18.2. The van der Waals surface area contributed by atoms with Gasteiger partial charge in [0.2, 0.25) is 5.91 Å². The summed E-state index contributed by atoms with van der Waals surface area (Å²) in [6.07, 6.45) is 8.25. The first-order chi connectivity index (χ1) is 20.9. The highest BCUT2D eigenvalue weighted by molar-refractivity contribution is 7.99. The second kappa shape index (κ2) is 25.1. The highest BCUT2D eigenvalue weighted by atomic mass is 32.2. The van der Waals surface area contributed by atoms with Gasteiger partial charge in [0.15, 0.2) is 0 Å². The SMILES string of the molecule is CCCCNC(=O)CCCC(COCc1ccc(C)c(OCCCOC)c1)NCCc1cccc(N(C)SC)c1.CCO. The minimum Gasteiger partial charge on any atom is -0.493 e. The maximum absolute atomic E-state index is 12.2. The van der Waals surface area contributed by atoms with E-state index in [1.807, 2.05) is 0 Å². The van der Waals surface area contributed by atoms with Gasteiger partial charge >= 0.3 is 0 Å². The van der Waals surface area contributed by atoms with Crippen LogP contribution in [0.2, 0.25) is 0 Å². The van der Waals surface area contributed by atoms with E-state index < -0.39 is 0 Å². The molecule has 0 saturated heterocycles. The van der Waals surface area contributed by atoms with Crippen molar-refractivity contribution in [2.75, 3.05) is 64.2 Å². The van der Waals surface area contributed by atoms with Gasteiger partial charge in [0.05, 0.1) is 19.8 Å². The molecule has 0 bridgehead atoms. The molecule has 0 heterocycles. The monoisotopic (exact) mass is 619 g/mol. The number of carbonyl (C=O) groups is 1. The number of aliphatic hydroxyl groups is 1.